The number of rotatable bonds is 3. The van der Waals surface area contributed by atoms with E-state index in [1.165, 1.54) is 12.1 Å². The summed E-state index contributed by atoms with van der Waals surface area (Å²) < 4.78 is 13.6. The second-order valence-electron chi connectivity index (χ2n) is 3.51. The molecule has 92 valence electrons. The first-order valence-electron chi connectivity index (χ1n) is 5.05. The number of pyridine rings is 1. The first-order chi connectivity index (χ1) is 8.58. The van der Waals surface area contributed by atoms with Gasteiger partial charge in [0.25, 0.3) is 0 Å². The highest BCUT2D eigenvalue weighted by atomic mass is 79.9. The van der Waals surface area contributed by atoms with Crippen LogP contribution in [0.5, 0.6) is 0 Å². The molecule has 3 nitrogen and oxygen atoms in total. The van der Waals surface area contributed by atoms with Crippen LogP contribution in [0.2, 0.25) is 0 Å². The van der Waals surface area contributed by atoms with E-state index in [0.29, 0.717) is 21.5 Å². The van der Waals surface area contributed by atoms with Gasteiger partial charge in [-0.15, -0.1) is 0 Å². The molecule has 0 amide bonds. The second kappa shape index (κ2) is 5.41. The lowest BCUT2D eigenvalue weighted by Gasteiger charge is -2.11. The predicted molar refractivity (Wildman–Crippen MR) is 77.5 cm³/mol. The van der Waals surface area contributed by atoms with Crippen molar-refractivity contribution in [3.05, 3.63) is 52.4 Å². The Kier molecular flexibility index (Phi) is 3.88. The monoisotopic (exact) mass is 325 g/mol. The molecule has 0 bridgehead atoms. The molecule has 18 heavy (non-hydrogen) atoms. The highest BCUT2D eigenvalue weighted by Gasteiger charge is 2.08. The van der Waals surface area contributed by atoms with E-state index in [1.54, 1.807) is 24.4 Å². The van der Waals surface area contributed by atoms with Crippen LogP contribution in [0.4, 0.5) is 15.9 Å². The Morgan fingerprint density at radius 1 is 1.39 bits per heavy atom. The largest absolute Gasteiger partial charge is 0.389 e. The Morgan fingerprint density at radius 2 is 2.17 bits per heavy atom. The number of nitrogens with one attached hydrogen (secondary N) is 1. The summed E-state index contributed by atoms with van der Waals surface area (Å²) in [6, 6.07) is 7.86. The molecule has 0 atom stereocenters. The van der Waals surface area contributed by atoms with Gasteiger partial charge in [-0.2, -0.15) is 0 Å². The quantitative estimate of drug-likeness (QED) is 0.849. The van der Waals surface area contributed by atoms with Crippen molar-refractivity contribution in [3.63, 3.8) is 0 Å². The highest BCUT2D eigenvalue weighted by Crippen LogP contribution is 2.27. The molecular weight excluding hydrogens is 317 g/mol. The SMILES string of the molecule is NC(=S)c1cccnc1Nc1ccc(F)cc1Br. The third-order valence-electron chi connectivity index (χ3n) is 2.26. The minimum Gasteiger partial charge on any atom is -0.389 e. The Bertz CT molecular complexity index is 604. The zero-order valence-electron chi connectivity index (χ0n) is 9.15. The molecule has 0 fully saturated rings. The van der Waals surface area contributed by atoms with Gasteiger partial charge in [0.1, 0.15) is 16.6 Å². The second-order valence-corrected chi connectivity index (χ2v) is 4.81. The number of nitrogens with zero attached hydrogens (tertiary/aromatic N) is 1. The molecule has 0 saturated carbocycles. The summed E-state index contributed by atoms with van der Waals surface area (Å²) in [4.78, 5) is 4.42. The normalized spacial score (nSPS) is 10.1. The van der Waals surface area contributed by atoms with Crippen LogP contribution >= 0.6 is 28.1 Å². The van der Waals surface area contributed by atoms with Crippen LogP contribution in [0.15, 0.2) is 41.0 Å². The van der Waals surface area contributed by atoms with Gasteiger partial charge in [-0.05, 0) is 46.3 Å². The summed E-state index contributed by atoms with van der Waals surface area (Å²) in [5, 5.41) is 3.06. The summed E-state index contributed by atoms with van der Waals surface area (Å²) in [6.45, 7) is 0. The number of aromatic nitrogens is 1. The lowest BCUT2D eigenvalue weighted by molar-refractivity contribution is 0.627. The topological polar surface area (TPSA) is 50.9 Å². The van der Waals surface area contributed by atoms with Gasteiger partial charge in [0.15, 0.2) is 0 Å². The van der Waals surface area contributed by atoms with Gasteiger partial charge in [0.05, 0.1) is 11.3 Å². The van der Waals surface area contributed by atoms with Crippen LogP contribution < -0.4 is 11.1 Å². The molecule has 0 aliphatic carbocycles. The van der Waals surface area contributed by atoms with Gasteiger partial charge < -0.3 is 11.1 Å². The van der Waals surface area contributed by atoms with Crippen molar-refractivity contribution >= 4 is 44.6 Å². The maximum Gasteiger partial charge on any atom is 0.140 e. The van der Waals surface area contributed by atoms with Gasteiger partial charge in [-0.25, -0.2) is 9.37 Å². The predicted octanol–water partition coefficient (Wildman–Crippen LogP) is 3.36. The minimum absolute atomic E-state index is 0.254. The van der Waals surface area contributed by atoms with E-state index in [4.69, 9.17) is 18.0 Å². The van der Waals surface area contributed by atoms with Gasteiger partial charge in [-0.1, -0.05) is 12.2 Å². The fourth-order valence-electron chi connectivity index (χ4n) is 1.42. The number of anilines is 2. The average Bonchev–Trinajstić information content (AvgIpc) is 2.33. The van der Waals surface area contributed by atoms with Crippen molar-refractivity contribution in [2.75, 3.05) is 5.32 Å². The lowest BCUT2D eigenvalue weighted by Crippen LogP contribution is -2.12. The maximum atomic E-state index is 13.0. The van der Waals surface area contributed by atoms with Crippen molar-refractivity contribution in [2.45, 2.75) is 0 Å². The molecule has 0 aliphatic heterocycles. The number of halogens is 2. The first-order valence-corrected chi connectivity index (χ1v) is 6.25. The first kappa shape index (κ1) is 12.9. The van der Waals surface area contributed by atoms with E-state index in [9.17, 15) is 4.39 Å². The minimum atomic E-state index is -0.317. The maximum absolute atomic E-state index is 13.0. The molecule has 2 aromatic rings. The molecule has 3 N–H and O–H groups in total. The Morgan fingerprint density at radius 3 is 2.83 bits per heavy atom. The van der Waals surface area contributed by atoms with Gasteiger partial charge >= 0.3 is 0 Å². The number of hydrogen-bond acceptors (Lipinski definition) is 3. The zero-order valence-corrected chi connectivity index (χ0v) is 11.6. The van der Waals surface area contributed by atoms with Crippen LogP contribution in [0.25, 0.3) is 0 Å². The fraction of sp³-hybridized carbons (Fsp3) is 0. The van der Waals surface area contributed by atoms with Crippen molar-refractivity contribution < 1.29 is 4.39 Å². The number of nitrogens with two attached hydrogens (primary N) is 1. The molecule has 2 rings (SSSR count). The van der Waals surface area contributed by atoms with E-state index >= 15 is 0 Å². The summed E-state index contributed by atoms with van der Waals surface area (Å²) in [5.41, 5.74) is 6.94. The third kappa shape index (κ3) is 2.83. The molecule has 0 unspecified atom stereocenters. The summed E-state index contributed by atoms with van der Waals surface area (Å²) in [5.74, 6) is 0.223. The molecule has 1 aromatic heterocycles. The van der Waals surface area contributed by atoms with E-state index < -0.39 is 0 Å². The summed E-state index contributed by atoms with van der Waals surface area (Å²) >= 11 is 8.22. The molecule has 6 heteroatoms. The fourth-order valence-corrected chi connectivity index (χ4v) is 2.04. The third-order valence-corrected chi connectivity index (χ3v) is 3.13. The van der Waals surface area contributed by atoms with Gasteiger partial charge in [0, 0.05) is 10.7 Å². The van der Waals surface area contributed by atoms with Crippen LogP contribution in [0.1, 0.15) is 5.56 Å². The van der Waals surface area contributed by atoms with E-state index in [0.717, 1.165) is 0 Å². The Labute approximate surface area is 117 Å². The van der Waals surface area contributed by atoms with Crippen LogP contribution in [-0.2, 0) is 0 Å². The summed E-state index contributed by atoms with van der Waals surface area (Å²) in [7, 11) is 0. The molecule has 0 saturated heterocycles. The van der Waals surface area contributed by atoms with Crippen molar-refractivity contribution in [1.29, 1.82) is 0 Å². The molecule has 1 aromatic carbocycles. The Balaban J connectivity index is 2.37. The van der Waals surface area contributed by atoms with Gasteiger partial charge in [0.2, 0.25) is 0 Å². The standard InChI is InChI=1S/C12H9BrFN3S/c13-9-6-7(14)3-4-10(9)17-12-8(11(15)18)2-1-5-16-12/h1-6H,(H2,15,18)(H,16,17). The molecule has 0 spiro atoms. The number of thiocarbonyl (C=S) groups is 1. The molecule has 0 aliphatic rings. The van der Waals surface area contributed by atoms with Crippen molar-refractivity contribution in [3.8, 4) is 0 Å². The van der Waals surface area contributed by atoms with Crippen LogP contribution in [0.3, 0.4) is 0 Å². The molecular formula is C12H9BrFN3S. The zero-order chi connectivity index (χ0) is 13.1. The van der Waals surface area contributed by atoms with E-state index in [1.807, 2.05) is 0 Å². The molecule has 0 radical (unpaired) electrons. The van der Waals surface area contributed by atoms with Crippen molar-refractivity contribution in [1.82, 2.24) is 4.98 Å². The van der Waals surface area contributed by atoms with Crippen LogP contribution in [0, 0.1) is 5.82 Å². The summed E-state index contributed by atoms with van der Waals surface area (Å²) in [6.07, 6.45) is 1.63. The van der Waals surface area contributed by atoms with Crippen molar-refractivity contribution in [2.24, 2.45) is 5.73 Å². The molecule has 1 heterocycles. The van der Waals surface area contributed by atoms with E-state index in [2.05, 4.69) is 26.2 Å². The number of hydrogen-bond donors (Lipinski definition) is 2. The highest BCUT2D eigenvalue weighted by molar-refractivity contribution is 9.10. The van der Waals surface area contributed by atoms with Crippen LogP contribution in [-0.4, -0.2) is 9.97 Å². The smallest absolute Gasteiger partial charge is 0.140 e. The van der Waals surface area contributed by atoms with E-state index in [-0.39, 0.29) is 10.8 Å². The van der Waals surface area contributed by atoms with Gasteiger partial charge in [-0.3, -0.25) is 0 Å². The average molecular weight is 326 g/mol. The Hall–Kier alpha value is -1.53. The lowest BCUT2D eigenvalue weighted by atomic mass is 10.2. The number of benzene rings is 1.